The maximum Gasteiger partial charge on any atom is 0.123 e. The average molecular weight is 292 g/mol. The van der Waals surface area contributed by atoms with E-state index in [-0.39, 0.29) is 11.9 Å². The van der Waals surface area contributed by atoms with Crippen LogP contribution in [0.3, 0.4) is 0 Å². The Morgan fingerprint density at radius 3 is 2.52 bits per heavy atom. The van der Waals surface area contributed by atoms with E-state index in [0.29, 0.717) is 5.41 Å². The van der Waals surface area contributed by atoms with E-state index in [1.54, 1.807) is 12.1 Å². The Morgan fingerprint density at radius 2 is 1.95 bits per heavy atom. The summed E-state index contributed by atoms with van der Waals surface area (Å²) in [5, 5.41) is 3.40. The molecule has 0 aromatic heterocycles. The first kappa shape index (κ1) is 16.3. The number of piperidine rings is 1. The first-order valence-electron chi connectivity index (χ1n) is 8.27. The van der Waals surface area contributed by atoms with Crippen molar-refractivity contribution in [2.24, 2.45) is 5.41 Å². The Kier molecular flexibility index (Phi) is 5.26. The number of benzene rings is 1. The van der Waals surface area contributed by atoms with Crippen LogP contribution >= 0.6 is 0 Å². The Morgan fingerprint density at radius 1 is 1.29 bits per heavy atom. The molecule has 1 saturated heterocycles. The molecule has 0 bridgehead atoms. The summed E-state index contributed by atoms with van der Waals surface area (Å²) in [4.78, 5) is 2.43. The SMILES string of the molecule is CCNC(C)c1cc(F)ccc1N1CCC(C)(CC)CC1. The quantitative estimate of drug-likeness (QED) is 0.859. The molecule has 0 aliphatic carbocycles. The monoisotopic (exact) mass is 292 g/mol. The molecule has 1 aliphatic heterocycles. The lowest BCUT2D eigenvalue weighted by molar-refractivity contribution is 0.238. The van der Waals surface area contributed by atoms with Crippen LogP contribution in [0.15, 0.2) is 18.2 Å². The molecule has 118 valence electrons. The molecule has 1 fully saturated rings. The molecule has 1 aromatic carbocycles. The third-order valence-corrected chi connectivity index (χ3v) is 5.13. The second kappa shape index (κ2) is 6.78. The smallest absolute Gasteiger partial charge is 0.123 e. The highest BCUT2D eigenvalue weighted by atomic mass is 19.1. The number of nitrogens with one attached hydrogen (secondary N) is 1. The van der Waals surface area contributed by atoms with Crippen molar-refractivity contribution < 1.29 is 4.39 Å². The number of hydrogen-bond donors (Lipinski definition) is 1. The molecule has 1 atom stereocenters. The van der Waals surface area contributed by atoms with Gasteiger partial charge in [0.05, 0.1) is 0 Å². The summed E-state index contributed by atoms with van der Waals surface area (Å²) in [5.74, 6) is -0.145. The lowest BCUT2D eigenvalue weighted by atomic mass is 9.78. The largest absolute Gasteiger partial charge is 0.371 e. The zero-order chi connectivity index (χ0) is 15.5. The van der Waals surface area contributed by atoms with E-state index in [2.05, 4.69) is 37.9 Å². The molecule has 21 heavy (non-hydrogen) atoms. The molecule has 0 radical (unpaired) electrons. The number of hydrogen-bond acceptors (Lipinski definition) is 2. The van der Waals surface area contributed by atoms with Crippen molar-refractivity contribution in [1.29, 1.82) is 0 Å². The van der Waals surface area contributed by atoms with Crippen molar-refractivity contribution in [3.63, 3.8) is 0 Å². The van der Waals surface area contributed by atoms with Gasteiger partial charge in [0, 0.05) is 24.8 Å². The minimum absolute atomic E-state index is 0.145. The predicted octanol–water partition coefficient (Wildman–Crippen LogP) is 4.51. The summed E-state index contributed by atoms with van der Waals surface area (Å²) < 4.78 is 13.6. The van der Waals surface area contributed by atoms with E-state index >= 15 is 0 Å². The van der Waals surface area contributed by atoms with E-state index < -0.39 is 0 Å². The van der Waals surface area contributed by atoms with Gasteiger partial charge in [0.15, 0.2) is 0 Å². The van der Waals surface area contributed by atoms with Gasteiger partial charge < -0.3 is 10.2 Å². The molecule has 1 aliphatic rings. The highest BCUT2D eigenvalue weighted by Crippen LogP contribution is 2.37. The summed E-state index contributed by atoms with van der Waals surface area (Å²) in [7, 11) is 0. The molecule has 1 unspecified atom stereocenters. The van der Waals surface area contributed by atoms with Crippen LogP contribution in [0.2, 0.25) is 0 Å². The highest BCUT2D eigenvalue weighted by Gasteiger charge is 2.29. The molecular formula is C18H29FN2. The highest BCUT2D eigenvalue weighted by molar-refractivity contribution is 5.55. The van der Waals surface area contributed by atoms with Crippen molar-refractivity contribution >= 4 is 5.69 Å². The third-order valence-electron chi connectivity index (χ3n) is 5.13. The van der Waals surface area contributed by atoms with Gasteiger partial charge in [0.25, 0.3) is 0 Å². The number of halogens is 1. The average Bonchev–Trinajstić information content (AvgIpc) is 2.48. The standard InChI is InChI=1S/C18H29FN2/c1-5-18(4)9-11-21(12-10-18)17-8-7-15(19)13-16(17)14(3)20-6-2/h7-8,13-14,20H,5-6,9-12H2,1-4H3. The van der Waals surface area contributed by atoms with E-state index in [4.69, 9.17) is 0 Å². The van der Waals surface area contributed by atoms with Crippen molar-refractivity contribution in [3.8, 4) is 0 Å². The van der Waals surface area contributed by atoms with Crippen LogP contribution in [0.1, 0.15) is 58.6 Å². The van der Waals surface area contributed by atoms with Crippen LogP contribution in [-0.2, 0) is 0 Å². The third kappa shape index (κ3) is 3.76. The minimum atomic E-state index is -0.145. The van der Waals surface area contributed by atoms with E-state index in [1.165, 1.54) is 24.9 Å². The predicted molar refractivity (Wildman–Crippen MR) is 88.3 cm³/mol. The zero-order valence-electron chi connectivity index (χ0n) is 13.9. The van der Waals surface area contributed by atoms with Gasteiger partial charge in [-0.3, -0.25) is 0 Å². The Labute approximate surface area is 128 Å². The maximum atomic E-state index is 13.6. The summed E-state index contributed by atoms with van der Waals surface area (Å²) in [6.07, 6.45) is 3.68. The second-order valence-electron chi connectivity index (χ2n) is 6.63. The number of nitrogens with zero attached hydrogens (tertiary/aromatic N) is 1. The molecule has 0 saturated carbocycles. The van der Waals surface area contributed by atoms with Gasteiger partial charge in [-0.1, -0.05) is 27.2 Å². The zero-order valence-corrected chi connectivity index (χ0v) is 13.9. The van der Waals surface area contributed by atoms with Crippen LogP contribution < -0.4 is 10.2 Å². The van der Waals surface area contributed by atoms with Gasteiger partial charge in [0.1, 0.15) is 5.82 Å². The Bertz CT molecular complexity index is 464. The fourth-order valence-electron chi connectivity index (χ4n) is 3.22. The van der Waals surface area contributed by atoms with E-state index in [0.717, 1.165) is 25.2 Å². The van der Waals surface area contributed by atoms with Gasteiger partial charge in [-0.15, -0.1) is 0 Å². The molecule has 0 spiro atoms. The van der Waals surface area contributed by atoms with Crippen LogP contribution in [0.4, 0.5) is 10.1 Å². The lowest BCUT2D eigenvalue weighted by Crippen LogP contribution is -2.39. The van der Waals surface area contributed by atoms with Crippen molar-refractivity contribution in [2.75, 3.05) is 24.5 Å². The molecule has 3 heteroatoms. The topological polar surface area (TPSA) is 15.3 Å². The van der Waals surface area contributed by atoms with Crippen molar-refractivity contribution in [2.45, 2.75) is 53.0 Å². The second-order valence-corrected chi connectivity index (χ2v) is 6.63. The lowest BCUT2D eigenvalue weighted by Gasteiger charge is -2.41. The fraction of sp³-hybridized carbons (Fsp3) is 0.667. The molecule has 2 rings (SSSR count). The van der Waals surface area contributed by atoms with Gasteiger partial charge >= 0.3 is 0 Å². The maximum absolute atomic E-state index is 13.6. The van der Waals surface area contributed by atoms with Gasteiger partial charge in [-0.05, 0) is 55.5 Å². The number of rotatable bonds is 5. The van der Waals surface area contributed by atoms with Crippen LogP contribution in [0, 0.1) is 11.2 Å². The minimum Gasteiger partial charge on any atom is -0.371 e. The fourth-order valence-corrected chi connectivity index (χ4v) is 3.22. The molecule has 1 N–H and O–H groups in total. The summed E-state index contributed by atoms with van der Waals surface area (Å²) in [5.41, 5.74) is 2.75. The van der Waals surface area contributed by atoms with Crippen LogP contribution in [0.5, 0.6) is 0 Å². The number of anilines is 1. The normalized spacial score (nSPS) is 19.6. The van der Waals surface area contributed by atoms with Crippen LogP contribution in [0.25, 0.3) is 0 Å². The van der Waals surface area contributed by atoms with Crippen molar-refractivity contribution in [3.05, 3.63) is 29.6 Å². The first-order valence-corrected chi connectivity index (χ1v) is 8.27. The van der Waals surface area contributed by atoms with E-state index in [1.807, 2.05) is 6.07 Å². The molecule has 0 amide bonds. The van der Waals surface area contributed by atoms with Gasteiger partial charge in [-0.2, -0.15) is 0 Å². The van der Waals surface area contributed by atoms with E-state index in [9.17, 15) is 4.39 Å². The molecule has 2 nitrogen and oxygen atoms in total. The molecule has 1 heterocycles. The van der Waals surface area contributed by atoms with Gasteiger partial charge in [0.2, 0.25) is 0 Å². The summed E-state index contributed by atoms with van der Waals surface area (Å²) in [6.45, 7) is 11.9. The molecular weight excluding hydrogens is 263 g/mol. The Hall–Kier alpha value is -1.09. The van der Waals surface area contributed by atoms with Gasteiger partial charge in [-0.25, -0.2) is 4.39 Å². The summed E-state index contributed by atoms with van der Waals surface area (Å²) in [6, 6.07) is 5.41. The van der Waals surface area contributed by atoms with Crippen molar-refractivity contribution in [1.82, 2.24) is 5.32 Å². The molecule has 1 aromatic rings. The summed E-state index contributed by atoms with van der Waals surface area (Å²) >= 11 is 0. The van der Waals surface area contributed by atoms with Crippen LogP contribution in [-0.4, -0.2) is 19.6 Å². The first-order chi connectivity index (χ1) is 9.99. The Balaban J connectivity index is 2.20.